The van der Waals surface area contributed by atoms with E-state index in [4.69, 9.17) is 25.1 Å². The number of rotatable bonds is 8. The standard InChI is InChI=1S/C8H15N3O8P2/c9-7-1-2-11(8(12)10-7)19-4-3-18-5-20(13,14)6-21(15,16)17/h1-2H,3-6H2,(H,13,14)(H2,9,10,12)(H2,15,16,17). The first-order valence-electron chi connectivity index (χ1n) is 5.51. The van der Waals surface area contributed by atoms with Crippen LogP contribution in [0.5, 0.6) is 0 Å². The lowest BCUT2D eigenvalue weighted by atomic mass is 10.6. The van der Waals surface area contributed by atoms with Gasteiger partial charge in [-0.2, -0.15) is 4.98 Å². The van der Waals surface area contributed by atoms with Gasteiger partial charge in [0.2, 0.25) is 7.37 Å². The van der Waals surface area contributed by atoms with Crippen LogP contribution < -0.4 is 16.3 Å². The van der Waals surface area contributed by atoms with Crippen LogP contribution in [0.1, 0.15) is 0 Å². The first kappa shape index (κ1) is 17.8. The minimum atomic E-state index is -4.59. The summed E-state index contributed by atoms with van der Waals surface area (Å²) in [6.07, 6.45) is 0.520. The quantitative estimate of drug-likeness (QED) is 0.326. The monoisotopic (exact) mass is 343 g/mol. The Labute approximate surface area is 118 Å². The molecule has 13 heteroatoms. The van der Waals surface area contributed by atoms with Crippen molar-refractivity contribution in [2.24, 2.45) is 0 Å². The van der Waals surface area contributed by atoms with E-state index >= 15 is 0 Å². The highest BCUT2D eigenvalue weighted by Crippen LogP contribution is 2.54. The summed E-state index contributed by atoms with van der Waals surface area (Å²) < 4.78 is 27.6. The summed E-state index contributed by atoms with van der Waals surface area (Å²) in [6, 6.07) is 1.34. The molecule has 0 bridgehead atoms. The summed E-state index contributed by atoms with van der Waals surface area (Å²) in [4.78, 5) is 46.1. The third kappa shape index (κ3) is 7.37. The molecule has 0 fully saturated rings. The number of anilines is 1. The van der Waals surface area contributed by atoms with Crippen LogP contribution in [0.4, 0.5) is 5.82 Å². The molecule has 0 radical (unpaired) electrons. The average molecular weight is 343 g/mol. The van der Waals surface area contributed by atoms with Gasteiger partial charge in [0.25, 0.3) is 0 Å². The minimum Gasteiger partial charge on any atom is -0.407 e. The van der Waals surface area contributed by atoms with Gasteiger partial charge in [-0.05, 0) is 0 Å². The summed E-state index contributed by atoms with van der Waals surface area (Å²) >= 11 is 0. The largest absolute Gasteiger partial charge is 0.407 e. The number of ether oxygens (including phenoxy) is 1. The van der Waals surface area contributed by atoms with Crippen molar-refractivity contribution in [1.29, 1.82) is 0 Å². The van der Waals surface area contributed by atoms with Crippen LogP contribution in [0.15, 0.2) is 17.1 Å². The van der Waals surface area contributed by atoms with Gasteiger partial charge in [0, 0.05) is 6.07 Å². The molecule has 0 saturated carbocycles. The average Bonchev–Trinajstić information content (AvgIpc) is 2.27. The Hall–Kier alpha value is -1.22. The Morgan fingerprint density at radius 1 is 1.29 bits per heavy atom. The molecule has 0 saturated heterocycles. The van der Waals surface area contributed by atoms with Crippen molar-refractivity contribution in [2.75, 3.05) is 31.2 Å². The Balaban J connectivity index is 2.33. The highest BCUT2D eigenvalue weighted by atomic mass is 31.2. The van der Waals surface area contributed by atoms with E-state index in [9.17, 15) is 18.8 Å². The van der Waals surface area contributed by atoms with Gasteiger partial charge in [0.15, 0.2) is 0 Å². The fourth-order valence-electron chi connectivity index (χ4n) is 1.23. The van der Waals surface area contributed by atoms with Crippen molar-refractivity contribution in [3.63, 3.8) is 0 Å². The van der Waals surface area contributed by atoms with Gasteiger partial charge >= 0.3 is 13.3 Å². The molecule has 1 atom stereocenters. The first-order valence-corrected chi connectivity index (χ1v) is 9.33. The van der Waals surface area contributed by atoms with Crippen molar-refractivity contribution in [3.8, 4) is 0 Å². The van der Waals surface area contributed by atoms with E-state index in [1.54, 1.807) is 0 Å². The van der Waals surface area contributed by atoms with E-state index in [0.29, 0.717) is 0 Å². The maximum Gasteiger partial charge on any atom is 0.382 e. The van der Waals surface area contributed by atoms with Crippen molar-refractivity contribution in [1.82, 2.24) is 9.71 Å². The van der Waals surface area contributed by atoms with Crippen LogP contribution in [-0.2, 0) is 13.9 Å². The molecule has 0 aliphatic heterocycles. The SMILES string of the molecule is Nc1ccn(OCCOCP(=O)(O)CP(=O)(O)O)c(=O)n1. The summed E-state index contributed by atoms with van der Waals surface area (Å²) in [5.41, 5.74) is 4.54. The second-order valence-electron chi connectivity index (χ2n) is 3.98. The molecule has 1 aromatic rings. The van der Waals surface area contributed by atoms with E-state index in [-0.39, 0.29) is 19.0 Å². The van der Waals surface area contributed by atoms with Crippen molar-refractivity contribution in [3.05, 3.63) is 22.7 Å². The highest BCUT2D eigenvalue weighted by Gasteiger charge is 2.29. The number of nitrogens with two attached hydrogens (primary N) is 1. The van der Waals surface area contributed by atoms with Crippen molar-refractivity contribution < 1.29 is 33.4 Å². The third-order valence-corrected chi connectivity index (χ3v) is 5.78. The second kappa shape index (κ2) is 7.17. The van der Waals surface area contributed by atoms with Crippen LogP contribution in [0.2, 0.25) is 0 Å². The number of hydrogen-bond acceptors (Lipinski definition) is 7. The lowest BCUT2D eigenvalue weighted by molar-refractivity contribution is 0.0439. The summed E-state index contributed by atoms with van der Waals surface area (Å²) in [6.45, 7) is -0.302. The van der Waals surface area contributed by atoms with Gasteiger partial charge < -0.3 is 30.0 Å². The Morgan fingerprint density at radius 3 is 2.52 bits per heavy atom. The summed E-state index contributed by atoms with van der Waals surface area (Å²) in [7, 11) is -8.67. The zero-order valence-corrected chi connectivity index (χ0v) is 12.5. The van der Waals surface area contributed by atoms with E-state index in [0.717, 1.165) is 4.73 Å². The molecular formula is C8H15N3O8P2. The molecule has 0 aliphatic carbocycles. The molecule has 0 spiro atoms. The molecule has 1 unspecified atom stereocenters. The van der Waals surface area contributed by atoms with Crippen LogP contribution in [0, 0.1) is 0 Å². The third-order valence-electron chi connectivity index (χ3n) is 1.95. The molecule has 120 valence electrons. The van der Waals surface area contributed by atoms with Crippen LogP contribution in [-0.4, -0.2) is 49.9 Å². The summed E-state index contributed by atoms with van der Waals surface area (Å²) in [5.74, 6) is -1.11. The molecular weight excluding hydrogens is 328 g/mol. The number of nitrogens with zero attached hydrogens (tertiary/aromatic N) is 2. The fraction of sp³-hybridized carbons (Fsp3) is 0.500. The zero-order chi connectivity index (χ0) is 16.1. The normalized spacial score (nSPS) is 14.6. The Bertz CT molecular complexity index is 626. The van der Waals surface area contributed by atoms with Gasteiger partial charge in [-0.25, -0.2) is 4.79 Å². The van der Waals surface area contributed by atoms with Crippen LogP contribution in [0.3, 0.4) is 0 Å². The first-order chi connectivity index (χ1) is 9.59. The van der Waals surface area contributed by atoms with Crippen molar-refractivity contribution >= 4 is 20.8 Å². The fourth-order valence-corrected chi connectivity index (χ4v) is 4.28. The van der Waals surface area contributed by atoms with E-state index in [2.05, 4.69) is 4.98 Å². The molecule has 0 aliphatic rings. The smallest absolute Gasteiger partial charge is 0.382 e. The predicted octanol–water partition coefficient (Wildman–Crippen LogP) is -1.37. The Kier molecular flexibility index (Phi) is 6.09. The zero-order valence-electron chi connectivity index (χ0n) is 10.7. The number of hydrogen-bond donors (Lipinski definition) is 4. The lowest BCUT2D eigenvalue weighted by Gasteiger charge is -2.13. The highest BCUT2D eigenvalue weighted by molar-refractivity contribution is 7.72. The lowest BCUT2D eigenvalue weighted by Crippen LogP contribution is -2.30. The Morgan fingerprint density at radius 2 is 1.95 bits per heavy atom. The maximum atomic E-state index is 11.4. The van der Waals surface area contributed by atoms with Gasteiger partial charge in [-0.3, -0.25) is 9.13 Å². The second-order valence-corrected chi connectivity index (χ2v) is 8.40. The molecule has 1 rings (SSSR count). The van der Waals surface area contributed by atoms with Gasteiger partial charge in [0.1, 0.15) is 24.7 Å². The topological polar surface area (TPSA) is 174 Å². The van der Waals surface area contributed by atoms with Gasteiger partial charge in [-0.15, -0.1) is 4.73 Å². The van der Waals surface area contributed by atoms with E-state index in [1.165, 1.54) is 12.3 Å². The van der Waals surface area contributed by atoms with Gasteiger partial charge in [0.05, 0.1) is 12.8 Å². The van der Waals surface area contributed by atoms with E-state index < -0.39 is 32.9 Å². The van der Waals surface area contributed by atoms with Crippen molar-refractivity contribution in [2.45, 2.75) is 0 Å². The van der Waals surface area contributed by atoms with Crippen LogP contribution >= 0.6 is 15.0 Å². The minimum absolute atomic E-state index is 0.0368. The molecule has 5 N–H and O–H groups in total. The molecule has 0 amide bonds. The summed E-state index contributed by atoms with van der Waals surface area (Å²) in [5, 5.41) is 0. The predicted molar refractivity (Wildman–Crippen MR) is 71.9 cm³/mol. The number of nitrogen functional groups attached to an aromatic ring is 1. The molecule has 0 aromatic carbocycles. The van der Waals surface area contributed by atoms with Gasteiger partial charge in [-0.1, -0.05) is 0 Å². The molecule has 11 nitrogen and oxygen atoms in total. The maximum absolute atomic E-state index is 11.4. The number of aromatic nitrogens is 2. The van der Waals surface area contributed by atoms with Crippen LogP contribution in [0.25, 0.3) is 0 Å². The molecule has 21 heavy (non-hydrogen) atoms. The van der Waals surface area contributed by atoms with E-state index in [1.807, 2.05) is 0 Å². The molecule has 1 heterocycles. The molecule has 1 aromatic heterocycles.